The number of fused-ring (bicyclic) bond motifs is 1. The Hall–Kier alpha value is -2.81. The van der Waals surface area contributed by atoms with E-state index in [9.17, 15) is 17.2 Å². The molecule has 0 saturated carbocycles. The topological polar surface area (TPSA) is 73.6 Å². The van der Waals surface area contributed by atoms with Crippen molar-refractivity contribution in [1.82, 2.24) is 9.19 Å². The summed E-state index contributed by atoms with van der Waals surface area (Å²) in [5.74, 6) is -1.49. The third-order valence-electron chi connectivity index (χ3n) is 3.49. The molecule has 2 aromatic carbocycles. The molecule has 0 amide bonds. The molecule has 25 heavy (non-hydrogen) atoms. The maximum atomic E-state index is 14.1. The van der Waals surface area contributed by atoms with Crippen molar-refractivity contribution in [3.63, 3.8) is 0 Å². The first kappa shape index (κ1) is 17.0. The lowest BCUT2D eigenvalue weighted by atomic mass is 10.0. The number of oxime groups is 1. The highest BCUT2D eigenvalue weighted by Crippen LogP contribution is 2.21. The smallest absolute Gasteiger partial charge is 0.251 e. The van der Waals surface area contributed by atoms with Crippen LogP contribution in [0.15, 0.2) is 47.8 Å². The minimum absolute atomic E-state index is 0.0538. The largest absolute Gasteiger partial charge is 0.399 e. The van der Waals surface area contributed by atoms with Crippen molar-refractivity contribution in [2.75, 3.05) is 13.4 Å². The molecule has 1 aromatic heterocycles. The number of halogens is 2. The van der Waals surface area contributed by atoms with Gasteiger partial charge in [-0.2, -0.15) is 9.19 Å². The zero-order chi connectivity index (χ0) is 18.2. The summed E-state index contributed by atoms with van der Waals surface area (Å²) < 4.78 is 51.6. The monoisotopic (exact) mass is 365 g/mol. The molecule has 0 atom stereocenters. The number of benzene rings is 2. The van der Waals surface area contributed by atoms with Crippen molar-refractivity contribution in [2.24, 2.45) is 5.16 Å². The molecule has 1 heterocycles. The van der Waals surface area contributed by atoms with E-state index in [4.69, 9.17) is 4.84 Å². The van der Waals surface area contributed by atoms with Gasteiger partial charge in [-0.3, -0.25) is 0 Å². The Morgan fingerprint density at radius 1 is 1.20 bits per heavy atom. The van der Waals surface area contributed by atoms with Crippen LogP contribution in [-0.2, 0) is 14.9 Å². The second-order valence-corrected chi connectivity index (χ2v) is 7.08. The van der Waals surface area contributed by atoms with Gasteiger partial charge in [0.25, 0.3) is 10.0 Å². The lowest BCUT2D eigenvalue weighted by molar-refractivity contribution is 0.214. The average molecular weight is 365 g/mol. The zero-order valence-corrected chi connectivity index (χ0v) is 14.1. The Bertz CT molecular complexity index is 1090. The summed E-state index contributed by atoms with van der Waals surface area (Å²) in [6.45, 7) is 0. The lowest BCUT2D eigenvalue weighted by Crippen LogP contribution is -2.11. The second-order valence-electron chi connectivity index (χ2n) is 5.27. The Labute approximate surface area is 142 Å². The molecule has 3 rings (SSSR count). The van der Waals surface area contributed by atoms with Crippen molar-refractivity contribution in [3.05, 3.63) is 65.4 Å². The van der Waals surface area contributed by atoms with Crippen LogP contribution in [0.3, 0.4) is 0 Å². The van der Waals surface area contributed by atoms with Crippen LogP contribution in [0.4, 0.5) is 8.78 Å². The van der Waals surface area contributed by atoms with Gasteiger partial charge in [-0.1, -0.05) is 11.2 Å². The first-order valence-corrected chi connectivity index (χ1v) is 8.91. The molecule has 0 saturated heterocycles. The van der Waals surface area contributed by atoms with Gasteiger partial charge < -0.3 is 4.84 Å². The zero-order valence-electron chi connectivity index (χ0n) is 13.3. The highest BCUT2D eigenvalue weighted by atomic mass is 32.2. The number of rotatable bonds is 4. The van der Waals surface area contributed by atoms with E-state index in [0.717, 1.165) is 22.5 Å². The van der Waals surface area contributed by atoms with Crippen LogP contribution in [0, 0.1) is 11.6 Å². The van der Waals surface area contributed by atoms with Crippen LogP contribution in [-0.4, -0.2) is 36.7 Å². The van der Waals surface area contributed by atoms with Gasteiger partial charge in [-0.15, -0.1) is 0 Å². The van der Waals surface area contributed by atoms with Crippen LogP contribution >= 0.6 is 0 Å². The summed E-state index contributed by atoms with van der Waals surface area (Å²) >= 11 is 0. The SMILES string of the molecule is CON=C(c1ccc2c(cnn2S(C)(=O)=O)c1)c1ccc(F)cc1F. The molecule has 0 bridgehead atoms. The molecule has 130 valence electrons. The van der Waals surface area contributed by atoms with E-state index in [1.165, 1.54) is 25.4 Å². The number of hydrogen-bond acceptors (Lipinski definition) is 5. The van der Waals surface area contributed by atoms with Crippen LogP contribution in [0.2, 0.25) is 0 Å². The van der Waals surface area contributed by atoms with Gasteiger partial charge in [-0.05, 0) is 24.3 Å². The quantitative estimate of drug-likeness (QED) is 0.526. The third kappa shape index (κ3) is 3.22. The molecule has 0 unspecified atom stereocenters. The Morgan fingerprint density at radius 2 is 1.96 bits per heavy atom. The minimum atomic E-state index is -3.54. The average Bonchev–Trinajstić information content (AvgIpc) is 2.96. The predicted molar refractivity (Wildman–Crippen MR) is 89.0 cm³/mol. The van der Waals surface area contributed by atoms with Gasteiger partial charge in [0, 0.05) is 22.6 Å². The van der Waals surface area contributed by atoms with Crippen molar-refractivity contribution in [1.29, 1.82) is 0 Å². The molecule has 0 aliphatic heterocycles. The second kappa shape index (κ2) is 6.25. The predicted octanol–water partition coefficient (Wildman–Crippen LogP) is 2.52. The number of hydrogen-bond donors (Lipinski definition) is 0. The van der Waals surface area contributed by atoms with E-state index in [-0.39, 0.29) is 11.3 Å². The molecule has 0 aliphatic carbocycles. The fourth-order valence-corrected chi connectivity index (χ4v) is 3.19. The van der Waals surface area contributed by atoms with Gasteiger partial charge in [-0.25, -0.2) is 17.2 Å². The summed E-state index contributed by atoms with van der Waals surface area (Å²) in [6, 6.07) is 7.82. The summed E-state index contributed by atoms with van der Waals surface area (Å²) in [7, 11) is -2.24. The molecule has 0 radical (unpaired) electrons. The molecule has 0 fully saturated rings. The van der Waals surface area contributed by atoms with E-state index < -0.39 is 21.7 Å². The molecule has 6 nitrogen and oxygen atoms in total. The Morgan fingerprint density at radius 3 is 2.60 bits per heavy atom. The highest BCUT2D eigenvalue weighted by molar-refractivity contribution is 7.89. The summed E-state index contributed by atoms with van der Waals surface area (Å²) in [6.07, 6.45) is 2.42. The van der Waals surface area contributed by atoms with Gasteiger partial charge in [0.2, 0.25) is 0 Å². The summed E-state index contributed by atoms with van der Waals surface area (Å²) in [5.41, 5.74) is 1.04. The van der Waals surface area contributed by atoms with E-state index in [2.05, 4.69) is 10.3 Å². The van der Waals surface area contributed by atoms with Gasteiger partial charge in [0.15, 0.2) is 0 Å². The van der Waals surface area contributed by atoms with Crippen LogP contribution < -0.4 is 0 Å². The fraction of sp³-hybridized carbons (Fsp3) is 0.125. The number of aromatic nitrogens is 2. The fourth-order valence-electron chi connectivity index (χ4n) is 2.45. The van der Waals surface area contributed by atoms with E-state index >= 15 is 0 Å². The number of nitrogens with zero attached hydrogens (tertiary/aromatic N) is 3. The summed E-state index contributed by atoms with van der Waals surface area (Å²) in [5, 5.41) is 8.20. The van der Waals surface area contributed by atoms with Crippen LogP contribution in [0.25, 0.3) is 10.9 Å². The summed E-state index contributed by atoms with van der Waals surface area (Å²) in [4.78, 5) is 4.78. The normalized spacial score (nSPS) is 12.6. The first-order chi connectivity index (χ1) is 11.8. The van der Waals surface area contributed by atoms with Crippen molar-refractivity contribution in [3.8, 4) is 0 Å². The van der Waals surface area contributed by atoms with Crippen molar-refractivity contribution in [2.45, 2.75) is 0 Å². The van der Waals surface area contributed by atoms with E-state index in [1.54, 1.807) is 12.1 Å². The van der Waals surface area contributed by atoms with Crippen LogP contribution in [0.1, 0.15) is 11.1 Å². The first-order valence-electron chi connectivity index (χ1n) is 7.06. The van der Waals surface area contributed by atoms with Crippen molar-refractivity contribution < 1.29 is 22.0 Å². The van der Waals surface area contributed by atoms with Gasteiger partial charge >= 0.3 is 0 Å². The minimum Gasteiger partial charge on any atom is -0.399 e. The highest BCUT2D eigenvalue weighted by Gasteiger charge is 2.17. The molecular weight excluding hydrogens is 352 g/mol. The molecule has 0 aliphatic rings. The van der Waals surface area contributed by atoms with Crippen molar-refractivity contribution >= 4 is 26.6 Å². The molecule has 9 heteroatoms. The van der Waals surface area contributed by atoms with E-state index in [0.29, 0.717) is 16.5 Å². The maximum Gasteiger partial charge on any atom is 0.251 e. The van der Waals surface area contributed by atoms with Crippen LogP contribution in [0.5, 0.6) is 0 Å². The standard InChI is InChI=1S/C16H13F2N3O3S/c1-24-20-16(13-5-4-12(17)8-14(13)18)10-3-6-15-11(7-10)9-19-21(15)25(2,22)23/h3-9H,1-2H3. The Balaban J connectivity index is 2.17. The maximum absolute atomic E-state index is 14.1. The lowest BCUT2D eigenvalue weighted by Gasteiger charge is -2.08. The third-order valence-corrected chi connectivity index (χ3v) is 4.41. The molecular formula is C16H13F2N3O3S. The molecule has 3 aromatic rings. The molecule has 0 N–H and O–H groups in total. The van der Waals surface area contributed by atoms with E-state index in [1.807, 2.05) is 0 Å². The van der Waals surface area contributed by atoms with Gasteiger partial charge in [0.05, 0.1) is 18.0 Å². The van der Waals surface area contributed by atoms with Gasteiger partial charge in [0.1, 0.15) is 24.5 Å². The molecule has 0 spiro atoms. The Kier molecular flexibility index (Phi) is 4.25.